The number of anilines is 1. The van der Waals surface area contributed by atoms with E-state index < -0.39 is 28.6 Å². The average Bonchev–Trinajstić information content (AvgIpc) is 2.67. The highest BCUT2D eigenvalue weighted by Crippen LogP contribution is 2.19. The largest absolute Gasteiger partial charge is 0.501 e. The van der Waals surface area contributed by atoms with Gasteiger partial charge >= 0.3 is 11.7 Å². The number of para-hydroxylation sites is 1. The Kier molecular flexibility index (Phi) is 5.78. The van der Waals surface area contributed by atoms with Gasteiger partial charge in [0.25, 0.3) is 11.5 Å². The standard InChI is InChI=1S/C18H21N5O5/c24-14-13(22-18(28)23-16(14)26)15(25)19-11-6-8-12(9-7-11)21-17(27)20-10-4-2-1-3-5-10/h1-5,11-12,24H,6-9H2,(H,19,25)(H2,20,21,27)(H2,22,23,26,28). The van der Waals surface area contributed by atoms with Gasteiger partial charge in [-0.05, 0) is 37.8 Å². The predicted octanol–water partition coefficient (Wildman–Crippen LogP) is 0.631. The first-order valence-corrected chi connectivity index (χ1v) is 8.91. The Morgan fingerprint density at radius 2 is 1.54 bits per heavy atom. The molecule has 0 aliphatic heterocycles. The Hall–Kier alpha value is -3.56. The molecule has 0 unspecified atom stereocenters. The molecule has 1 aromatic heterocycles. The Bertz CT molecular complexity index is 960. The van der Waals surface area contributed by atoms with Gasteiger partial charge < -0.3 is 21.1 Å². The Labute approximate surface area is 159 Å². The van der Waals surface area contributed by atoms with E-state index in [-0.39, 0.29) is 18.1 Å². The first kappa shape index (κ1) is 19.2. The normalized spacial score (nSPS) is 18.9. The van der Waals surface area contributed by atoms with Crippen molar-refractivity contribution in [1.29, 1.82) is 0 Å². The SMILES string of the molecule is O=C(Nc1ccccc1)NC1CCC(NC(=O)c2[nH]c(=O)[nH]c(=O)c2O)CC1. The lowest BCUT2D eigenvalue weighted by molar-refractivity contribution is 0.0915. The van der Waals surface area contributed by atoms with Crippen molar-refractivity contribution in [3.63, 3.8) is 0 Å². The second-order valence-corrected chi connectivity index (χ2v) is 6.62. The molecule has 28 heavy (non-hydrogen) atoms. The fourth-order valence-electron chi connectivity index (χ4n) is 3.16. The van der Waals surface area contributed by atoms with Crippen LogP contribution in [-0.4, -0.2) is 39.1 Å². The van der Waals surface area contributed by atoms with Crippen LogP contribution in [0, 0.1) is 0 Å². The quantitative estimate of drug-likeness (QED) is 0.454. The number of rotatable bonds is 4. The molecule has 3 amide bonds. The van der Waals surface area contributed by atoms with E-state index >= 15 is 0 Å². The van der Waals surface area contributed by atoms with E-state index in [2.05, 4.69) is 20.9 Å². The number of carbonyl (C=O) groups excluding carboxylic acids is 2. The van der Waals surface area contributed by atoms with Crippen LogP contribution >= 0.6 is 0 Å². The van der Waals surface area contributed by atoms with Gasteiger partial charge in [-0.2, -0.15) is 0 Å². The summed E-state index contributed by atoms with van der Waals surface area (Å²) < 4.78 is 0. The van der Waals surface area contributed by atoms with Gasteiger partial charge in [-0.3, -0.25) is 19.6 Å². The van der Waals surface area contributed by atoms with Gasteiger partial charge in [-0.25, -0.2) is 9.59 Å². The van der Waals surface area contributed by atoms with Crippen LogP contribution < -0.4 is 27.2 Å². The molecule has 10 nitrogen and oxygen atoms in total. The molecule has 2 aromatic rings. The number of urea groups is 1. The lowest BCUT2D eigenvalue weighted by Crippen LogP contribution is -2.45. The highest BCUT2D eigenvalue weighted by Gasteiger charge is 2.25. The van der Waals surface area contributed by atoms with Crippen molar-refractivity contribution in [2.45, 2.75) is 37.8 Å². The minimum atomic E-state index is -1.02. The number of carbonyl (C=O) groups is 2. The molecule has 148 valence electrons. The molecule has 1 saturated carbocycles. The van der Waals surface area contributed by atoms with E-state index in [4.69, 9.17) is 0 Å². The first-order chi connectivity index (χ1) is 13.4. The lowest BCUT2D eigenvalue weighted by atomic mass is 9.91. The summed E-state index contributed by atoms with van der Waals surface area (Å²) in [7, 11) is 0. The molecule has 0 atom stereocenters. The lowest BCUT2D eigenvalue weighted by Gasteiger charge is -2.29. The molecule has 1 aliphatic carbocycles. The summed E-state index contributed by atoms with van der Waals surface area (Å²) in [6, 6.07) is 8.60. The Morgan fingerprint density at radius 3 is 2.18 bits per heavy atom. The van der Waals surface area contributed by atoms with E-state index in [1.807, 2.05) is 23.2 Å². The maximum Gasteiger partial charge on any atom is 0.326 e. The van der Waals surface area contributed by atoms with Crippen LogP contribution in [-0.2, 0) is 0 Å². The van der Waals surface area contributed by atoms with Gasteiger partial charge in [0.2, 0.25) is 5.75 Å². The van der Waals surface area contributed by atoms with Crippen LogP contribution in [0.25, 0.3) is 0 Å². The van der Waals surface area contributed by atoms with Crippen LogP contribution in [0.5, 0.6) is 5.75 Å². The van der Waals surface area contributed by atoms with Crippen molar-refractivity contribution in [2.75, 3.05) is 5.32 Å². The number of hydrogen-bond acceptors (Lipinski definition) is 5. The third-order valence-corrected chi connectivity index (χ3v) is 4.57. The molecule has 1 heterocycles. The second-order valence-electron chi connectivity index (χ2n) is 6.62. The summed E-state index contributed by atoms with van der Waals surface area (Å²) in [5.41, 5.74) is -1.65. The van der Waals surface area contributed by atoms with Crippen LogP contribution in [0.15, 0.2) is 39.9 Å². The van der Waals surface area contributed by atoms with Gasteiger partial charge in [0, 0.05) is 17.8 Å². The number of nitrogens with one attached hydrogen (secondary N) is 5. The van der Waals surface area contributed by atoms with E-state index in [9.17, 15) is 24.3 Å². The number of hydrogen-bond donors (Lipinski definition) is 6. The van der Waals surface area contributed by atoms with Crippen LogP contribution in [0.3, 0.4) is 0 Å². The number of H-pyrrole nitrogens is 2. The third kappa shape index (κ3) is 4.78. The van der Waals surface area contributed by atoms with Crippen molar-refractivity contribution >= 4 is 17.6 Å². The summed E-state index contributed by atoms with van der Waals surface area (Å²) in [4.78, 5) is 50.9. The van der Waals surface area contributed by atoms with Gasteiger partial charge in [0.15, 0.2) is 5.69 Å². The van der Waals surface area contributed by atoms with Crippen LogP contribution in [0.1, 0.15) is 36.2 Å². The van der Waals surface area contributed by atoms with E-state index in [1.165, 1.54) is 0 Å². The molecular formula is C18H21N5O5. The highest BCUT2D eigenvalue weighted by molar-refractivity contribution is 5.94. The van der Waals surface area contributed by atoms with Crippen molar-refractivity contribution in [3.05, 3.63) is 56.9 Å². The monoisotopic (exact) mass is 387 g/mol. The zero-order valence-electron chi connectivity index (χ0n) is 15.0. The van der Waals surface area contributed by atoms with Crippen molar-refractivity contribution in [3.8, 4) is 5.75 Å². The van der Waals surface area contributed by atoms with Crippen molar-refractivity contribution in [2.24, 2.45) is 0 Å². The highest BCUT2D eigenvalue weighted by atomic mass is 16.3. The summed E-state index contributed by atoms with van der Waals surface area (Å²) >= 11 is 0. The maximum absolute atomic E-state index is 12.2. The molecule has 0 saturated heterocycles. The molecule has 1 fully saturated rings. The fraction of sp³-hybridized carbons (Fsp3) is 0.333. The summed E-state index contributed by atoms with van der Waals surface area (Å²) in [5.74, 6) is -1.55. The van der Waals surface area contributed by atoms with E-state index in [0.717, 1.165) is 0 Å². The molecule has 0 bridgehead atoms. The minimum Gasteiger partial charge on any atom is -0.501 e. The van der Waals surface area contributed by atoms with Gasteiger partial charge in [0.1, 0.15) is 0 Å². The van der Waals surface area contributed by atoms with E-state index in [1.54, 1.807) is 12.1 Å². The maximum atomic E-state index is 12.2. The zero-order valence-corrected chi connectivity index (χ0v) is 15.0. The smallest absolute Gasteiger partial charge is 0.326 e. The molecule has 10 heteroatoms. The second kappa shape index (κ2) is 8.42. The van der Waals surface area contributed by atoms with Gasteiger partial charge in [0.05, 0.1) is 0 Å². The molecule has 3 rings (SSSR count). The summed E-state index contributed by atoms with van der Waals surface area (Å²) in [5, 5.41) is 18.0. The Morgan fingerprint density at radius 1 is 0.929 bits per heavy atom. The molecule has 1 aromatic carbocycles. The molecule has 0 radical (unpaired) electrons. The number of amides is 3. The topological polar surface area (TPSA) is 156 Å². The average molecular weight is 387 g/mol. The number of aromatic nitrogens is 2. The van der Waals surface area contributed by atoms with Gasteiger partial charge in [-0.1, -0.05) is 18.2 Å². The minimum absolute atomic E-state index is 0.0235. The number of aromatic hydroxyl groups is 1. The summed E-state index contributed by atoms with van der Waals surface area (Å²) in [6.07, 6.45) is 2.53. The third-order valence-electron chi connectivity index (χ3n) is 4.57. The first-order valence-electron chi connectivity index (χ1n) is 8.91. The van der Waals surface area contributed by atoms with E-state index in [0.29, 0.717) is 31.4 Å². The summed E-state index contributed by atoms with van der Waals surface area (Å²) in [6.45, 7) is 0. The molecule has 0 spiro atoms. The molecular weight excluding hydrogens is 366 g/mol. The zero-order chi connectivity index (χ0) is 20.1. The predicted molar refractivity (Wildman–Crippen MR) is 101 cm³/mol. The van der Waals surface area contributed by atoms with Crippen LogP contribution in [0.4, 0.5) is 10.5 Å². The van der Waals surface area contributed by atoms with Crippen LogP contribution in [0.2, 0.25) is 0 Å². The van der Waals surface area contributed by atoms with Gasteiger partial charge in [-0.15, -0.1) is 0 Å². The molecule has 6 N–H and O–H groups in total. The van der Waals surface area contributed by atoms with Crippen molar-refractivity contribution in [1.82, 2.24) is 20.6 Å². The Balaban J connectivity index is 1.49. The molecule has 1 aliphatic rings. The fourth-order valence-corrected chi connectivity index (χ4v) is 3.16. The number of aromatic amines is 2. The van der Waals surface area contributed by atoms with Crippen molar-refractivity contribution < 1.29 is 14.7 Å². The number of benzene rings is 1.